The van der Waals surface area contributed by atoms with E-state index < -0.39 is 0 Å². The molecule has 0 aliphatic rings. The third-order valence-corrected chi connectivity index (χ3v) is 1.93. The van der Waals surface area contributed by atoms with Crippen LogP contribution in [0.3, 0.4) is 0 Å². The van der Waals surface area contributed by atoms with Crippen LogP contribution < -0.4 is 5.32 Å². The van der Waals surface area contributed by atoms with Gasteiger partial charge in [0.15, 0.2) is 0 Å². The van der Waals surface area contributed by atoms with E-state index >= 15 is 0 Å². The van der Waals surface area contributed by atoms with Crippen LogP contribution in [0.4, 0.5) is 4.79 Å². The number of likely N-dealkylation sites (N-methyl/N-ethyl adjacent to an activating group) is 1. The SMILES string of the molecule is CC.CCN(CC)CCNC(=O)OC(C)C.[HH]. The smallest absolute Gasteiger partial charge is 0.407 e. The summed E-state index contributed by atoms with van der Waals surface area (Å²) in [4.78, 5) is 13.3. The molecule has 0 unspecified atom stereocenters. The van der Waals surface area contributed by atoms with Crippen LogP contribution >= 0.6 is 0 Å². The number of carbonyl (C=O) groups is 1. The Balaban J connectivity index is -0.000000616. The molecule has 0 aliphatic heterocycles. The number of nitrogens with one attached hydrogen (secondary N) is 1. The summed E-state index contributed by atoms with van der Waals surface area (Å²) in [5.41, 5.74) is 0. The molecule has 0 aromatic heterocycles. The zero-order valence-electron chi connectivity index (χ0n) is 11.7. The van der Waals surface area contributed by atoms with E-state index in [4.69, 9.17) is 4.74 Å². The van der Waals surface area contributed by atoms with Gasteiger partial charge in [0.05, 0.1) is 6.10 Å². The molecule has 4 nitrogen and oxygen atoms in total. The van der Waals surface area contributed by atoms with Gasteiger partial charge in [0.2, 0.25) is 0 Å². The largest absolute Gasteiger partial charge is 0.447 e. The van der Waals surface area contributed by atoms with Gasteiger partial charge in [-0.1, -0.05) is 27.7 Å². The quantitative estimate of drug-likeness (QED) is 0.768. The van der Waals surface area contributed by atoms with Crippen molar-refractivity contribution in [2.45, 2.75) is 47.6 Å². The first-order valence-corrected chi connectivity index (χ1v) is 6.27. The first-order chi connectivity index (χ1) is 7.60. The molecule has 0 rings (SSSR count). The molecule has 0 aromatic carbocycles. The number of hydrogen-bond donors (Lipinski definition) is 1. The fraction of sp³-hybridized carbons (Fsp3) is 0.917. The lowest BCUT2D eigenvalue weighted by atomic mass is 10.4. The van der Waals surface area contributed by atoms with Crippen LogP contribution in [0.15, 0.2) is 0 Å². The summed E-state index contributed by atoms with van der Waals surface area (Å²) in [5.74, 6) is 0. The van der Waals surface area contributed by atoms with E-state index in [9.17, 15) is 4.79 Å². The molecule has 0 saturated carbocycles. The molecule has 0 radical (unpaired) electrons. The third-order valence-electron chi connectivity index (χ3n) is 1.93. The van der Waals surface area contributed by atoms with E-state index in [1.165, 1.54) is 0 Å². The molecule has 0 spiro atoms. The Hall–Kier alpha value is -0.770. The zero-order chi connectivity index (χ0) is 13.0. The molecule has 0 aliphatic carbocycles. The maximum Gasteiger partial charge on any atom is 0.407 e. The Labute approximate surface area is 102 Å². The number of hydrogen-bond acceptors (Lipinski definition) is 3. The molecule has 100 valence electrons. The second kappa shape index (κ2) is 12.3. The van der Waals surface area contributed by atoms with Crippen LogP contribution in [-0.4, -0.2) is 43.3 Å². The highest BCUT2D eigenvalue weighted by Gasteiger charge is 2.04. The molecule has 1 amide bonds. The molecule has 1 N–H and O–H groups in total. The van der Waals surface area contributed by atoms with E-state index in [-0.39, 0.29) is 13.6 Å². The van der Waals surface area contributed by atoms with E-state index in [1.54, 1.807) is 0 Å². The van der Waals surface area contributed by atoms with Crippen molar-refractivity contribution in [3.8, 4) is 0 Å². The molecular formula is C12H30N2O2. The standard InChI is InChI=1S/C10H22N2O2.C2H6.H2/c1-5-12(6-2)8-7-11-10(13)14-9(3)4;1-2;/h9H,5-8H2,1-4H3,(H,11,13);1-2H3;1H. The van der Waals surface area contributed by atoms with Gasteiger partial charge in [0, 0.05) is 14.5 Å². The van der Waals surface area contributed by atoms with Crippen molar-refractivity contribution in [2.75, 3.05) is 26.2 Å². The summed E-state index contributed by atoms with van der Waals surface area (Å²) in [5, 5.41) is 2.71. The minimum absolute atomic E-state index is 0. The Bertz CT molecular complexity index is 163. The van der Waals surface area contributed by atoms with Crippen molar-refractivity contribution >= 4 is 6.09 Å². The number of alkyl carbamates (subject to hydrolysis) is 1. The first-order valence-electron chi connectivity index (χ1n) is 6.27. The van der Waals surface area contributed by atoms with Gasteiger partial charge in [-0.2, -0.15) is 0 Å². The first kappa shape index (κ1) is 17.6. The summed E-state index contributed by atoms with van der Waals surface area (Å²) >= 11 is 0. The summed E-state index contributed by atoms with van der Waals surface area (Å²) in [6.45, 7) is 15.4. The predicted octanol–water partition coefficient (Wildman–Crippen LogP) is 2.74. The summed E-state index contributed by atoms with van der Waals surface area (Å²) in [6.07, 6.45) is -0.379. The van der Waals surface area contributed by atoms with Crippen LogP contribution in [0.25, 0.3) is 0 Å². The highest BCUT2D eigenvalue weighted by molar-refractivity contribution is 5.67. The molecule has 0 heterocycles. The van der Waals surface area contributed by atoms with Gasteiger partial charge in [0.25, 0.3) is 0 Å². The van der Waals surface area contributed by atoms with E-state index in [2.05, 4.69) is 24.1 Å². The zero-order valence-corrected chi connectivity index (χ0v) is 11.7. The van der Waals surface area contributed by atoms with Crippen LogP contribution in [0, 0.1) is 0 Å². The van der Waals surface area contributed by atoms with Crippen LogP contribution in [0.5, 0.6) is 0 Å². The topological polar surface area (TPSA) is 41.6 Å². The van der Waals surface area contributed by atoms with Crippen molar-refractivity contribution in [2.24, 2.45) is 0 Å². The molecule has 0 fully saturated rings. The number of amides is 1. The van der Waals surface area contributed by atoms with Crippen molar-refractivity contribution < 1.29 is 11.0 Å². The van der Waals surface area contributed by atoms with E-state index in [0.717, 1.165) is 19.6 Å². The van der Waals surface area contributed by atoms with Gasteiger partial charge < -0.3 is 15.0 Å². The van der Waals surface area contributed by atoms with E-state index in [0.29, 0.717) is 6.54 Å². The predicted molar refractivity (Wildman–Crippen MR) is 70.9 cm³/mol. The van der Waals surface area contributed by atoms with Gasteiger partial charge in [0.1, 0.15) is 0 Å². The van der Waals surface area contributed by atoms with Crippen LogP contribution in [0.2, 0.25) is 0 Å². The van der Waals surface area contributed by atoms with Gasteiger partial charge in [-0.05, 0) is 26.9 Å². The van der Waals surface area contributed by atoms with Crippen LogP contribution in [-0.2, 0) is 4.74 Å². The van der Waals surface area contributed by atoms with Gasteiger partial charge in [-0.15, -0.1) is 0 Å². The fourth-order valence-electron chi connectivity index (χ4n) is 1.11. The summed E-state index contributed by atoms with van der Waals surface area (Å²) in [6, 6.07) is 0. The second-order valence-corrected chi connectivity index (χ2v) is 3.41. The fourth-order valence-corrected chi connectivity index (χ4v) is 1.11. The van der Waals surface area contributed by atoms with Gasteiger partial charge in [-0.25, -0.2) is 4.79 Å². The number of carbonyl (C=O) groups excluding carboxylic acids is 1. The molecule has 4 heteroatoms. The van der Waals surface area contributed by atoms with Gasteiger partial charge >= 0.3 is 6.09 Å². The van der Waals surface area contributed by atoms with Crippen molar-refractivity contribution in [3.63, 3.8) is 0 Å². The van der Waals surface area contributed by atoms with Crippen LogP contribution in [0.1, 0.15) is 43.0 Å². The Morgan fingerprint density at radius 2 is 1.81 bits per heavy atom. The highest BCUT2D eigenvalue weighted by atomic mass is 16.6. The van der Waals surface area contributed by atoms with E-state index in [1.807, 2.05) is 27.7 Å². The lowest BCUT2D eigenvalue weighted by Crippen LogP contribution is -2.35. The summed E-state index contributed by atoms with van der Waals surface area (Å²) < 4.78 is 4.93. The maximum absolute atomic E-state index is 11.1. The lowest BCUT2D eigenvalue weighted by molar-refractivity contribution is 0.114. The average molecular weight is 234 g/mol. The molecule has 0 bridgehead atoms. The van der Waals surface area contributed by atoms with Crippen molar-refractivity contribution in [3.05, 3.63) is 0 Å². The Kier molecular flexibility index (Phi) is 13.5. The van der Waals surface area contributed by atoms with Crippen molar-refractivity contribution in [1.29, 1.82) is 0 Å². The maximum atomic E-state index is 11.1. The minimum atomic E-state index is -0.327. The Morgan fingerprint density at radius 3 is 2.19 bits per heavy atom. The molecule has 0 saturated heterocycles. The molecular weight excluding hydrogens is 204 g/mol. The monoisotopic (exact) mass is 234 g/mol. The highest BCUT2D eigenvalue weighted by Crippen LogP contribution is 1.88. The van der Waals surface area contributed by atoms with Gasteiger partial charge in [-0.3, -0.25) is 0 Å². The minimum Gasteiger partial charge on any atom is -0.447 e. The number of nitrogens with zero attached hydrogens (tertiary/aromatic N) is 1. The molecule has 0 atom stereocenters. The summed E-state index contributed by atoms with van der Waals surface area (Å²) in [7, 11) is 0. The van der Waals surface area contributed by atoms with Crippen molar-refractivity contribution in [1.82, 2.24) is 10.2 Å². The molecule has 0 aromatic rings. The number of ether oxygens (including phenoxy) is 1. The second-order valence-electron chi connectivity index (χ2n) is 3.41. The third kappa shape index (κ3) is 11.3. The molecule has 16 heavy (non-hydrogen) atoms. The lowest BCUT2D eigenvalue weighted by Gasteiger charge is -2.18. The number of rotatable bonds is 6. The Morgan fingerprint density at radius 1 is 1.31 bits per heavy atom. The average Bonchev–Trinajstić information content (AvgIpc) is 2.26. The normalized spacial score (nSPS) is 9.75.